The minimum atomic E-state index is 0.0703. The van der Waals surface area contributed by atoms with Crippen LogP contribution in [-0.4, -0.2) is 41.9 Å². The lowest BCUT2D eigenvalue weighted by atomic mass is 10.0. The van der Waals surface area contributed by atoms with Crippen LogP contribution >= 0.6 is 39.1 Å². The number of hydrogen-bond donors (Lipinski definition) is 0. The van der Waals surface area contributed by atoms with Crippen molar-refractivity contribution in [3.05, 3.63) is 67.6 Å². The maximum Gasteiger partial charge on any atom is 0.227 e. The smallest absolute Gasteiger partial charge is 0.227 e. The van der Waals surface area contributed by atoms with E-state index in [4.69, 9.17) is 23.2 Å². The Labute approximate surface area is 184 Å². The zero-order chi connectivity index (χ0) is 19.8. The fourth-order valence-electron chi connectivity index (χ4n) is 4.57. The van der Waals surface area contributed by atoms with Crippen LogP contribution in [0.5, 0.6) is 0 Å². The molecular formula is C22H23BrCl2N2O. The van der Waals surface area contributed by atoms with E-state index < -0.39 is 0 Å². The Morgan fingerprint density at radius 2 is 1.93 bits per heavy atom. The third-order valence-corrected chi connectivity index (χ3v) is 7.49. The molecule has 148 valence electrons. The van der Waals surface area contributed by atoms with Gasteiger partial charge in [0, 0.05) is 17.6 Å². The van der Waals surface area contributed by atoms with E-state index in [-0.39, 0.29) is 11.9 Å². The number of rotatable bonds is 4. The Hall–Kier alpha value is -1.07. The van der Waals surface area contributed by atoms with E-state index >= 15 is 0 Å². The minimum absolute atomic E-state index is 0.0703. The number of nitrogens with zero attached hydrogens (tertiary/aromatic N) is 2. The molecule has 0 saturated carbocycles. The molecule has 6 heteroatoms. The van der Waals surface area contributed by atoms with Gasteiger partial charge in [-0.15, -0.1) is 0 Å². The molecule has 0 aromatic heterocycles. The highest BCUT2D eigenvalue weighted by Gasteiger charge is 2.41. The van der Waals surface area contributed by atoms with Gasteiger partial charge in [-0.1, -0.05) is 57.3 Å². The molecule has 1 aliphatic carbocycles. The average Bonchev–Trinajstić information content (AvgIpc) is 3.32. The minimum Gasteiger partial charge on any atom is -0.337 e. The van der Waals surface area contributed by atoms with E-state index in [1.54, 1.807) is 12.1 Å². The van der Waals surface area contributed by atoms with Crippen molar-refractivity contribution in [3.8, 4) is 0 Å². The lowest BCUT2D eigenvalue weighted by molar-refractivity contribution is -0.132. The number of carbonyl (C=O) groups excluding carboxylic acids is 1. The maximum atomic E-state index is 13.2. The first kappa shape index (κ1) is 20.2. The summed E-state index contributed by atoms with van der Waals surface area (Å²) >= 11 is 15.9. The predicted molar refractivity (Wildman–Crippen MR) is 118 cm³/mol. The Morgan fingerprint density at radius 1 is 1.18 bits per heavy atom. The molecule has 0 unspecified atom stereocenters. The monoisotopic (exact) mass is 480 g/mol. The van der Waals surface area contributed by atoms with E-state index in [2.05, 4.69) is 39.0 Å². The Bertz CT molecular complexity index is 898. The van der Waals surface area contributed by atoms with Crippen molar-refractivity contribution < 1.29 is 4.79 Å². The highest BCUT2D eigenvalue weighted by Crippen LogP contribution is 2.42. The second-order valence-corrected chi connectivity index (χ2v) is 9.37. The van der Waals surface area contributed by atoms with Gasteiger partial charge in [-0.2, -0.15) is 0 Å². The first-order valence-corrected chi connectivity index (χ1v) is 11.2. The van der Waals surface area contributed by atoms with Crippen LogP contribution in [0.15, 0.2) is 40.9 Å². The quantitative estimate of drug-likeness (QED) is 0.574. The van der Waals surface area contributed by atoms with Crippen LogP contribution in [0, 0.1) is 0 Å². The summed E-state index contributed by atoms with van der Waals surface area (Å²) in [4.78, 5) is 17.7. The average molecular weight is 482 g/mol. The van der Waals surface area contributed by atoms with Crippen LogP contribution in [0.25, 0.3) is 0 Å². The fraction of sp³-hybridized carbons (Fsp3) is 0.409. The van der Waals surface area contributed by atoms with E-state index in [0.717, 1.165) is 29.5 Å². The van der Waals surface area contributed by atoms with E-state index in [1.165, 1.54) is 24.0 Å². The zero-order valence-electron chi connectivity index (χ0n) is 15.8. The van der Waals surface area contributed by atoms with Gasteiger partial charge in [-0.25, -0.2) is 0 Å². The largest absolute Gasteiger partial charge is 0.337 e. The molecule has 2 atom stereocenters. The molecule has 1 heterocycles. The van der Waals surface area contributed by atoms with Gasteiger partial charge in [0.2, 0.25) is 5.91 Å². The van der Waals surface area contributed by atoms with Gasteiger partial charge in [0.1, 0.15) is 0 Å². The third kappa shape index (κ3) is 3.85. The summed E-state index contributed by atoms with van der Waals surface area (Å²) in [5, 5.41) is 0.995. The van der Waals surface area contributed by atoms with E-state index in [1.807, 2.05) is 18.0 Å². The summed E-state index contributed by atoms with van der Waals surface area (Å²) in [6.45, 7) is 2.23. The van der Waals surface area contributed by atoms with Crippen molar-refractivity contribution in [2.24, 2.45) is 0 Å². The number of halogens is 3. The molecular weight excluding hydrogens is 459 g/mol. The van der Waals surface area contributed by atoms with Gasteiger partial charge < -0.3 is 4.90 Å². The molecule has 4 rings (SSSR count). The molecule has 1 fully saturated rings. The predicted octanol–water partition coefficient (Wildman–Crippen LogP) is 5.52. The topological polar surface area (TPSA) is 23.6 Å². The number of benzene rings is 2. The molecule has 0 N–H and O–H groups in total. The standard InChI is InChI=1S/C22H23BrCl2N2O/c1-26(21(28)12-14-7-8-18(24)19(25)11-14)22-15-5-4-6-17(23)16(15)13-20(22)27-9-2-3-10-27/h4-8,11,20,22H,2-3,9-10,12-13H2,1H3/t20-,22-/m1/s1. The Balaban J connectivity index is 1.61. The molecule has 1 saturated heterocycles. The number of likely N-dealkylation sites (tertiary alicyclic amines) is 1. The SMILES string of the molecule is CN(C(=O)Cc1ccc(Cl)c(Cl)c1)[C@@H]1c2cccc(Br)c2C[C@H]1N1CCCC1. The van der Waals surface area contributed by atoms with Crippen molar-refractivity contribution in [3.63, 3.8) is 0 Å². The number of carbonyl (C=O) groups is 1. The molecule has 1 amide bonds. The molecule has 0 bridgehead atoms. The van der Waals surface area contributed by atoms with Gasteiger partial charge in [0.15, 0.2) is 0 Å². The van der Waals surface area contributed by atoms with Crippen molar-refractivity contribution >= 4 is 45.0 Å². The second-order valence-electron chi connectivity index (χ2n) is 7.70. The maximum absolute atomic E-state index is 13.2. The Morgan fingerprint density at radius 3 is 2.64 bits per heavy atom. The summed E-state index contributed by atoms with van der Waals surface area (Å²) in [7, 11) is 1.93. The van der Waals surface area contributed by atoms with E-state index in [0.29, 0.717) is 22.5 Å². The van der Waals surface area contributed by atoms with Crippen molar-refractivity contribution in [1.82, 2.24) is 9.80 Å². The fourth-order valence-corrected chi connectivity index (χ4v) is 5.43. The molecule has 3 nitrogen and oxygen atoms in total. The normalized spacial score (nSPS) is 21.7. The lowest BCUT2D eigenvalue weighted by Gasteiger charge is -2.35. The van der Waals surface area contributed by atoms with Crippen LogP contribution in [-0.2, 0) is 17.6 Å². The Kier molecular flexibility index (Phi) is 6.03. The highest BCUT2D eigenvalue weighted by molar-refractivity contribution is 9.10. The first-order chi connectivity index (χ1) is 13.5. The van der Waals surface area contributed by atoms with Crippen LogP contribution < -0.4 is 0 Å². The van der Waals surface area contributed by atoms with Gasteiger partial charge in [0.05, 0.1) is 22.5 Å². The molecule has 1 aliphatic heterocycles. The lowest BCUT2D eigenvalue weighted by Crippen LogP contribution is -2.44. The van der Waals surface area contributed by atoms with Crippen LogP contribution in [0.4, 0.5) is 0 Å². The number of hydrogen-bond acceptors (Lipinski definition) is 2. The van der Waals surface area contributed by atoms with Crippen molar-refractivity contribution in [2.75, 3.05) is 20.1 Å². The van der Waals surface area contributed by atoms with Gasteiger partial charge in [0.25, 0.3) is 0 Å². The molecule has 2 aromatic rings. The number of amides is 1. The van der Waals surface area contributed by atoms with Gasteiger partial charge in [-0.3, -0.25) is 9.69 Å². The van der Waals surface area contributed by atoms with Crippen molar-refractivity contribution in [1.29, 1.82) is 0 Å². The molecule has 0 spiro atoms. The second kappa shape index (κ2) is 8.35. The third-order valence-electron chi connectivity index (χ3n) is 6.01. The molecule has 0 radical (unpaired) electrons. The number of likely N-dealkylation sites (N-methyl/N-ethyl adjacent to an activating group) is 1. The van der Waals surface area contributed by atoms with Gasteiger partial charge >= 0.3 is 0 Å². The summed E-state index contributed by atoms with van der Waals surface area (Å²) in [6, 6.07) is 12.1. The van der Waals surface area contributed by atoms with Crippen LogP contribution in [0.2, 0.25) is 10.0 Å². The zero-order valence-corrected chi connectivity index (χ0v) is 18.9. The highest BCUT2D eigenvalue weighted by atomic mass is 79.9. The van der Waals surface area contributed by atoms with Crippen LogP contribution in [0.3, 0.4) is 0 Å². The molecule has 2 aromatic carbocycles. The van der Waals surface area contributed by atoms with Gasteiger partial charge in [-0.05, 0) is 67.2 Å². The molecule has 2 aliphatic rings. The summed E-state index contributed by atoms with van der Waals surface area (Å²) in [5.41, 5.74) is 3.48. The summed E-state index contributed by atoms with van der Waals surface area (Å²) < 4.78 is 1.14. The van der Waals surface area contributed by atoms with E-state index in [9.17, 15) is 4.79 Å². The number of fused-ring (bicyclic) bond motifs is 1. The summed E-state index contributed by atoms with van der Waals surface area (Å²) in [5.74, 6) is 0.0976. The van der Waals surface area contributed by atoms with Crippen LogP contribution in [0.1, 0.15) is 35.6 Å². The first-order valence-electron chi connectivity index (χ1n) is 9.66. The molecule has 28 heavy (non-hydrogen) atoms. The van der Waals surface area contributed by atoms with Crippen molar-refractivity contribution in [2.45, 2.75) is 37.8 Å². The summed E-state index contributed by atoms with van der Waals surface area (Å²) in [6.07, 6.45) is 3.77.